The predicted molar refractivity (Wildman–Crippen MR) is 119 cm³/mol. The summed E-state index contributed by atoms with van der Waals surface area (Å²) >= 11 is 6.33. The Bertz CT molecular complexity index is 1340. The van der Waals surface area contributed by atoms with Crippen molar-refractivity contribution in [3.05, 3.63) is 82.7 Å². The van der Waals surface area contributed by atoms with Crippen molar-refractivity contribution in [1.29, 1.82) is 0 Å². The average molecular weight is 447 g/mol. The Morgan fingerprint density at radius 2 is 2.03 bits per heavy atom. The van der Waals surface area contributed by atoms with Gasteiger partial charge in [0.1, 0.15) is 24.7 Å². The molecule has 2 aliphatic heterocycles. The molecular weight excluding hydrogens is 428 g/mol. The fourth-order valence-corrected chi connectivity index (χ4v) is 4.41. The monoisotopic (exact) mass is 446 g/mol. The molecule has 0 amide bonds. The Hall–Kier alpha value is -3.49. The fraction of sp³-hybridized carbons (Fsp3) is 0.217. The molecule has 2 aromatic heterocycles. The Kier molecular flexibility index (Phi) is 4.55. The Labute approximate surface area is 189 Å². The van der Waals surface area contributed by atoms with Crippen LogP contribution >= 0.6 is 11.6 Å². The van der Waals surface area contributed by atoms with Gasteiger partial charge in [-0.1, -0.05) is 41.9 Å². The molecule has 6 rings (SSSR count). The van der Waals surface area contributed by atoms with Gasteiger partial charge in [-0.25, -0.2) is 9.98 Å². The van der Waals surface area contributed by atoms with Gasteiger partial charge in [-0.2, -0.15) is 0 Å². The summed E-state index contributed by atoms with van der Waals surface area (Å²) in [5.74, 6) is 2.01. The second-order valence-electron chi connectivity index (χ2n) is 7.69. The molecular formula is C23H19ClN6O2. The van der Waals surface area contributed by atoms with Gasteiger partial charge in [0, 0.05) is 17.7 Å². The number of imidazole rings is 1. The van der Waals surface area contributed by atoms with E-state index in [1.165, 1.54) is 0 Å². The molecule has 0 aliphatic carbocycles. The Morgan fingerprint density at radius 1 is 1.16 bits per heavy atom. The number of methoxy groups -OCH3 is 1. The van der Waals surface area contributed by atoms with E-state index in [1.54, 1.807) is 13.4 Å². The van der Waals surface area contributed by atoms with Crippen LogP contribution in [0.1, 0.15) is 28.9 Å². The molecule has 2 aliphatic rings. The second kappa shape index (κ2) is 7.58. The first-order chi connectivity index (χ1) is 15.7. The molecule has 4 heterocycles. The van der Waals surface area contributed by atoms with E-state index in [9.17, 15) is 0 Å². The second-order valence-corrected chi connectivity index (χ2v) is 8.13. The van der Waals surface area contributed by atoms with Crippen molar-refractivity contribution in [3.8, 4) is 17.1 Å². The van der Waals surface area contributed by atoms with Crippen LogP contribution in [0, 0.1) is 0 Å². The zero-order chi connectivity index (χ0) is 21.7. The average Bonchev–Trinajstić information content (AvgIpc) is 3.53. The molecule has 8 nitrogen and oxygen atoms in total. The van der Waals surface area contributed by atoms with Gasteiger partial charge in [0.15, 0.2) is 11.6 Å². The molecule has 32 heavy (non-hydrogen) atoms. The zero-order valence-corrected chi connectivity index (χ0v) is 18.0. The number of aliphatic imine (C=N–C) groups is 1. The molecule has 0 bridgehead atoms. The molecule has 0 spiro atoms. The van der Waals surface area contributed by atoms with Crippen molar-refractivity contribution in [2.45, 2.75) is 19.3 Å². The van der Waals surface area contributed by atoms with Crippen LogP contribution in [0.15, 0.2) is 59.9 Å². The third kappa shape index (κ3) is 3.03. The van der Waals surface area contributed by atoms with Gasteiger partial charge < -0.3 is 14.0 Å². The van der Waals surface area contributed by atoms with Crippen molar-refractivity contribution < 1.29 is 9.47 Å². The molecule has 0 saturated heterocycles. The van der Waals surface area contributed by atoms with Crippen molar-refractivity contribution in [2.75, 3.05) is 13.7 Å². The van der Waals surface area contributed by atoms with Crippen LogP contribution in [0.2, 0.25) is 5.02 Å². The molecule has 0 fully saturated rings. The third-order valence-electron chi connectivity index (χ3n) is 5.76. The number of fused-ring (bicyclic) bond motifs is 5. The molecule has 0 radical (unpaired) electrons. The van der Waals surface area contributed by atoms with Gasteiger partial charge in [-0.15, -0.1) is 10.2 Å². The van der Waals surface area contributed by atoms with E-state index >= 15 is 0 Å². The zero-order valence-electron chi connectivity index (χ0n) is 17.3. The first-order valence-electron chi connectivity index (χ1n) is 10.3. The molecule has 1 unspecified atom stereocenters. The topological polar surface area (TPSA) is 79.3 Å². The highest BCUT2D eigenvalue weighted by Gasteiger charge is 2.31. The number of aromatic nitrogens is 5. The first-order valence-corrected chi connectivity index (χ1v) is 10.6. The quantitative estimate of drug-likeness (QED) is 0.419. The number of rotatable bonds is 4. The van der Waals surface area contributed by atoms with Crippen LogP contribution in [0.25, 0.3) is 17.1 Å². The first kappa shape index (κ1) is 19.2. The fourth-order valence-electron chi connectivity index (χ4n) is 4.24. The largest absolute Gasteiger partial charge is 0.466 e. The van der Waals surface area contributed by atoms with E-state index < -0.39 is 0 Å². The van der Waals surface area contributed by atoms with E-state index in [0.717, 1.165) is 34.2 Å². The number of halogens is 1. The maximum Gasteiger partial charge on any atom is 0.238 e. The Morgan fingerprint density at radius 3 is 2.88 bits per heavy atom. The van der Waals surface area contributed by atoms with Crippen molar-refractivity contribution in [3.63, 3.8) is 0 Å². The standard InChI is InChI=1S/C23H19ClN6O2/c1-31-12-20-27-28-22-16-9-15(24)7-8-17(16)30-13-26-21(18(30)11-29(20)22)23-25-10-19(32-23)14-5-3-2-4-6-14/h2-9,13,19H,10-12H2,1H3. The van der Waals surface area contributed by atoms with Crippen molar-refractivity contribution in [2.24, 2.45) is 4.99 Å². The Balaban J connectivity index is 1.45. The highest BCUT2D eigenvalue weighted by Crippen LogP contribution is 2.35. The maximum atomic E-state index is 6.33. The van der Waals surface area contributed by atoms with Crippen LogP contribution in [-0.2, 0) is 22.6 Å². The number of hydrogen-bond acceptors (Lipinski definition) is 6. The lowest BCUT2D eigenvalue weighted by Gasteiger charge is -2.12. The van der Waals surface area contributed by atoms with E-state index in [1.807, 2.05) is 45.5 Å². The number of hydrogen-bond donors (Lipinski definition) is 0. The molecule has 2 aromatic carbocycles. The van der Waals surface area contributed by atoms with Crippen LogP contribution < -0.4 is 0 Å². The minimum atomic E-state index is -0.116. The maximum absolute atomic E-state index is 6.33. The molecule has 4 aromatic rings. The van der Waals surface area contributed by atoms with Gasteiger partial charge in [-0.05, 0) is 23.8 Å². The highest BCUT2D eigenvalue weighted by atomic mass is 35.5. The molecule has 160 valence electrons. The SMILES string of the molecule is COCc1nnc2n1Cc1c(C3=NCC(c4ccccc4)O3)ncn1-c1ccc(Cl)cc1-2. The summed E-state index contributed by atoms with van der Waals surface area (Å²) in [5.41, 5.74) is 4.56. The van der Waals surface area contributed by atoms with Gasteiger partial charge in [-0.3, -0.25) is 4.57 Å². The number of ether oxygens (including phenoxy) is 2. The number of nitrogens with zero attached hydrogens (tertiary/aromatic N) is 6. The van der Waals surface area contributed by atoms with Gasteiger partial charge in [0.05, 0.1) is 24.5 Å². The van der Waals surface area contributed by atoms with E-state index in [4.69, 9.17) is 26.1 Å². The molecule has 1 atom stereocenters. The van der Waals surface area contributed by atoms with Gasteiger partial charge in [0.2, 0.25) is 5.90 Å². The van der Waals surface area contributed by atoms with E-state index in [2.05, 4.69) is 27.3 Å². The highest BCUT2D eigenvalue weighted by molar-refractivity contribution is 6.31. The normalized spacial score (nSPS) is 16.6. The van der Waals surface area contributed by atoms with Gasteiger partial charge >= 0.3 is 0 Å². The van der Waals surface area contributed by atoms with E-state index in [-0.39, 0.29) is 6.10 Å². The van der Waals surface area contributed by atoms with Gasteiger partial charge in [0.25, 0.3) is 0 Å². The lowest BCUT2D eigenvalue weighted by Crippen LogP contribution is -2.13. The summed E-state index contributed by atoms with van der Waals surface area (Å²) in [6.45, 7) is 1.41. The summed E-state index contributed by atoms with van der Waals surface area (Å²) in [4.78, 5) is 9.37. The van der Waals surface area contributed by atoms with E-state index in [0.29, 0.717) is 36.3 Å². The van der Waals surface area contributed by atoms with Crippen LogP contribution in [0.5, 0.6) is 0 Å². The lowest BCUT2D eigenvalue weighted by atomic mass is 10.1. The lowest BCUT2D eigenvalue weighted by molar-refractivity contribution is 0.174. The summed E-state index contributed by atoms with van der Waals surface area (Å²) in [6.07, 6.45) is 1.68. The predicted octanol–water partition coefficient (Wildman–Crippen LogP) is 3.81. The molecule has 0 N–H and O–H groups in total. The van der Waals surface area contributed by atoms with Crippen LogP contribution in [-0.4, -0.2) is 43.9 Å². The molecule has 0 saturated carbocycles. The minimum Gasteiger partial charge on any atom is -0.466 e. The van der Waals surface area contributed by atoms with Crippen molar-refractivity contribution >= 4 is 17.5 Å². The summed E-state index contributed by atoms with van der Waals surface area (Å²) < 4.78 is 15.7. The minimum absolute atomic E-state index is 0.116. The van der Waals surface area contributed by atoms with Crippen LogP contribution in [0.4, 0.5) is 0 Å². The van der Waals surface area contributed by atoms with Crippen molar-refractivity contribution in [1.82, 2.24) is 24.3 Å². The summed E-state index contributed by atoms with van der Waals surface area (Å²) in [5, 5.41) is 9.42. The third-order valence-corrected chi connectivity index (χ3v) is 6.00. The summed E-state index contributed by atoms with van der Waals surface area (Å²) in [7, 11) is 1.64. The van der Waals surface area contributed by atoms with Crippen LogP contribution in [0.3, 0.4) is 0 Å². The smallest absolute Gasteiger partial charge is 0.238 e. The number of benzene rings is 2. The molecule has 9 heteroatoms. The summed E-state index contributed by atoms with van der Waals surface area (Å²) in [6, 6.07) is 15.8.